The fourth-order valence-electron chi connectivity index (χ4n) is 2.23. The zero-order valence-corrected chi connectivity index (χ0v) is 14.0. The van der Waals surface area contributed by atoms with E-state index in [2.05, 4.69) is 5.32 Å². The molecule has 5 nitrogen and oxygen atoms in total. The number of carbonyl (C=O) groups is 1. The standard InChI is InChI=1S/C19H24N2O3/c1-2-23-13-14-24-17-10-8-16(9-11-17)21-19(22)12-7-15-5-3-4-6-18(15)20/h3-6,8-11H,2,7,12-14,20H2,1H3,(H,21,22). The summed E-state index contributed by atoms with van der Waals surface area (Å²) in [5, 5.41) is 2.88. The molecule has 0 aromatic heterocycles. The number of para-hydroxylation sites is 1. The van der Waals surface area contributed by atoms with Gasteiger partial charge < -0.3 is 20.5 Å². The van der Waals surface area contributed by atoms with Crippen LogP contribution in [0.1, 0.15) is 18.9 Å². The number of amides is 1. The molecule has 0 radical (unpaired) electrons. The average molecular weight is 328 g/mol. The van der Waals surface area contributed by atoms with E-state index in [-0.39, 0.29) is 5.91 Å². The smallest absolute Gasteiger partial charge is 0.224 e. The van der Waals surface area contributed by atoms with Crippen molar-refractivity contribution in [2.24, 2.45) is 0 Å². The third-order valence-corrected chi connectivity index (χ3v) is 3.52. The highest BCUT2D eigenvalue weighted by molar-refractivity contribution is 5.90. The number of nitrogens with two attached hydrogens (primary N) is 1. The lowest BCUT2D eigenvalue weighted by Crippen LogP contribution is -2.12. The molecule has 0 aliphatic rings. The van der Waals surface area contributed by atoms with Crippen LogP contribution in [0.3, 0.4) is 0 Å². The number of rotatable bonds is 9. The van der Waals surface area contributed by atoms with Crippen molar-refractivity contribution in [3.63, 3.8) is 0 Å². The van der Waals surface area contributed by atoms with Gasteiger partial charge in [-0.25, -0.2) is 0 Å². The fraction of sp³-hybridized carbons (Fsp3) is 0.316. The second-order valence-corrected chi connectivity index (χ2v) is 5.32. The van der Waals surface area contributed by atoms with Gasteiger partial charge in [0.05, 0.1) is 6.61 Å². The van der Waals surface area contributed by atoms with Gasteiger partial charge in [-0.2, -0.15) is 0 Å². The van der Waals surface area contributed by atoms with Crippen LogP contribution in [0, 0.1) is 0 Å². The molecule has 5 heteroatoms. The molecule has 2 rings (SSSR count). The molecule has 0 spiro atoms. The molecule has 1 amide bonds. The minimum absolute atomic E-state index is 0.0386. The van der Waals surface area contributed by atoms with Gasteiger partial charge >= 0.3 is 0 Å². The summed E-state index contributed by atoms with van der Waals surface area (Å²) in [5.41, 5.74) is 8.34. The maximum atomic E-state index is 12.0. The normalized spacial score (nSPS) is 10.4. The zero-order chi connectivity index (χ0) is 17.2. The Labute approximate surface area is 142 Å². The SMILES string of the molecule is CCOCCOc1ccc(NC(=O)CCc2ccccc2N)cc1. The number of aryl methyl sites for hydroxylation is 1. The molecule has 0 saturated heterocycles. The van der Waals surface area contributed by atoms with Crippen LogP contribution >= 0.6 is 0 Å². The van der Waals surface area contributed by atoms with Gasteiger partial charge in [-0.05, 0) is 49.2 Å². The molecule has 0 saturated carbocycles. The number of carbonyl (C=O) groups excluding carboxylic acids is 1. The summed E-state index contributed by atoms with van der Waals surface area (Å²) in [6.07, 6.45) is 1.01. The Morgan fingerprint density at radius 2 is 1.83 bits per heavy atom. The summed E-state index contributed by atoms with van der Waals surface area (Å²) < 4.78 is 10.7. The summed E-state index contributed by atoms with van der Waals surface area (Å²) in [5.74, 6) is 0.716. The first-order valence-corrected chi connectivity index (χ1v) is 8.13. The molecule has 3 N–H and O–H groups in total. The van der Waals surface area contributed by atoms with E-state index in [1.54, 1.807) is 0 Å². The van der Waals surface area contributed by atoms with Gasteiger partial charge in [0.15, 0.2) is 0 Å². The van der Waals surface area contributed by atoms with Crippen LogP contribution in [0.4, 0.5) is 11.4 Å². The summed E-state index contributed by atoms with van der Waals surface area (Å²) in [6.45, 7) is 3.71. The zero-order valence-electron chi connectivity index (χ0n) is 14.0. The van der Waals surface area contributed by atoms with Crippen LogP contribution in [-0.4, -0.2) is 25.7 Å². The second-order valence-electron chi connectivity index (χ2n) is 5.32. The maximum Gasteiger partial charge on any atom is 0.224 e. The highest BCUT2D eigenvalue weighted by Gasteiger charge is 2.05. The number of nitrogens with one attached hydrogen (secondary N) is 1. The second kappa shape index (κ2) is 9.57. The predicted octanol–water partition coefficient (Wildman–Crippen LogP) is 3.26. The largest absolute Gasteiger partial charge is 0.491 e. The molecule has 0 aliphatic carbocycles. The molecule has 0 atom stereocenters. The van der Waals surface area contributed by atoms with E-state index in [1.807, 2.05) is 55.5 Å². The van der Waals surface area contributed by atoms with Crippen LogP contribution in [-0.2, 0) is 16.0 Å². The van der Waals surface area contributed by atoms with Crippen LogP contribution in [0.5, 0.6) is 5.75 Å². The van der Waals surface area contributed by atoms with Gasteiger partial charge in [-0.1, -0.05) is 18.2 Å². The Bertz CT molecular complexity index is 641. The quantitative estimate of drug-likeness (QED) is 0.547. The molecule has 0 aliphatic heterocycles. The van der Waals surface area contributed by atoms with E-state index in [0.717, 1.165) is 22.7 Å². The van der Waals surface area contributed by atoms with E-state index in [4.69, 9.17) is 15.2 Å². The first-order valence-electron chi connectivity index (χ1n) is 8.13. The Morgan fingerprint density at radius 1 is 1.08 bits per heavy atom. The minimum Gasteiger partial charge on any atom is -0.491 e. The Hall–Kier alpha value is -2.53. The molecule has 128 valence electrons. The number of nitrogen functional groups attached to an aromatic ring is 1. The van der Waals surface area contributed by atoms with Crippen molar-refractivity contribution in [1.82, 2.24) is 0 Å². The van der Waals surface area contributed by atoms with Gasteiger partial charge in [-0.15, -0.1) is 0 Å². The molecular weight excluding hydrogens is 304 g/mol. The van der Waals surface area contributed by atoms with Crippen LogP contribution in [0.15, 0.2) is 48.5 Å². The van der Waals surface area contributed by atoms with Crippen molar-refractivity contribution in [2.45, 2.75) is 19.8 Å². The molecule has 2 aromatic carbocycles. The van der Waals surface area contributed by atoms with Crippen molar-refractivity contribution >= 4 is 17.3 Å². The summed E-state index contributed by atoms with van der Waals surface area (Å²) in [6, 6.07) is 14.9. The van der Waals surface area contributed by atoms with E-state index in [1.165, 1.54) is 0 Å². The van der Waals surface area contributed by atoms with E-state index >= 15 is 0 Å². The molecule has 0 fully saturated rings. The molecule has 0 bridgehead atoms. The van der Waals surface area contributed by atoms with Crippen molar-refractivity contribution in [3.8, 4) is 5.75 Å². The molecule has 0 unspecified atom stereocenters. The van der Waals surface area contributed by atoms with E-state index in [0.29, 0.717) is 32.7 Å². The third kappa shape index (κ3) is 5.93. The van der Waals surface area contributed by atoms with E-state index < -0.39 is 0 Å². The molecular formula is C19H24N2O3. The monoisotopic (exact) mass is 328 g/mol. The van der Waals surface area contributed by atoms with Gasteiger partial charge in [-0.3, -0.25) is 4.79 Å². The first kappa shape index (κ1) is 17.8. The van der Waals surface area contributed by atoms with Gasteiger partial charge in [0.25, 0.3) is 0 Å². The third-order valence-electron chi connectivity index (χ3n) is 3.52. The van der Waals surface area contributed by atoms with Crippen LogP contribution in [0.2, 0.25) is 0 Å². The lowest BCUT2D eigenvalue weighted by molar-refractivity contribution is -0.116. The van der Waals surface area contributed by atoms with Gasteiger partial charge in [0.2, 0.25) is 5.91 Å². The number of benzene rings is 2. The fourth-order valence-corrected chi connectivity index (χ4v) is 2.23. The highest BCUT2D eigenvalue weighted by atomic mass is 16.5. The first-order chi connectivity index (χ1) is 11.7. The van der Waals surface area contributed by atoms with Gasteiger partial charge in [0, 0.05) is 24.4 Å². The lowest BCUT2D eigenvalue weighted by Gasteiger charge is -2.09. The van der Waals surface area contributed by atoms with Crippen molar-refractivity contribution in [1.29, 1.82) is 0 Å². The Balaban J connectivity index is 1.76. The molecule has 2 aromatic rings. The summed E-state index contributed by atoms with van der Waals surface area (Å²) >= 11 is 0. The number of hydrogen-bond acceptors (Lipinski definition) is 4. The minimum atomic E-state index is -0.0386. The summed E-state index contributed by atoms with van der Waals surface area (Å²) in [4.78, 5) is 12.0. The Morgan fingerprint density at radius 3 is 2.54 bits per heavy atom. The van der Waals surface area contributed by atoms with Crippen molar-refractivity contribution in [2.75, 3.05) is 30.9 Å². The lowest BCUT2D eigenvalue weighted by atomic mass is 10.1. The average Bonchev–Trinajstić information content (AvgIpc) is 2.59. The van der Waals surface area contributed by atoms with E-state index in [9.17, 15) is 4.79 Å². The van der Waals surface area contributed by atoms with Crippen molar-refractivity contribution in [3.05, 3.63) is 54.1 Å². The highest BCUT2D eigenvalue weighted by Crippen LogP contribution is 2.17. The van der Waals surface area contributed by atoms with Gasteiger partial charge in [0.1, 0.15) is 12.4 Å². The Kier molecular flexibility index (Phi) is 7.11. The van der Waals surface area contributed by atoms with Crippen LogP contribution in [0.25, 0.3) is 0 Å². The van der Waals surface area contributed by atoms with Crippen LogP contribution < -0.4 is 15.8 Å². The maximum absolute atomic E-state index is 12.0. The number of anilines is 2. The molecule has 24 heavy (non-hydrogen) atoms. The topological polar surface area (TPSA) is 73.6 Å². The predicted molar refractivity (Wildman–Crippen MR) is 96.2 cm³/mol. The number of ether oxygens (including phenoxy) is 2. The molecule has 0 heterocycles. The summed E-state index contributed by atoms with van der Waals surface area (Å²) in [7, 11) is 0. The van der Waals surface area contributed by atoms with Crippen molar-refractivity contribution < 1.29 is 14.3 Å². The number of hydrogen-bond donors (Lipinski definition) is 2.